The van der Waals surface area contributed by atoms with Gasteiger partial charge in [-0.3, -0.25) is 18.9 Å². The molecule has 50 heavy (non-hydrogen) atoms. The number of alkyl halides is 3. The van der Waals surface area contributed by atoms with Crippen LogP contribution in [0.1, 0.15) is 61.0 Å². The summed E-state index contributed by atoms with van der Waals surface area (Å²) in [5.41, 5.74) is 0.517. The molecule has 17 heteroatoms. The van der Waals surface area contributed by atoms with E-state index in [0.717, 1.165) is 5.56 Å². The van der Waals surface area contributed by atoms with Crippen LogP contribution in [0.3, 0.4) is 0 Å². The molecule has 1 amide bonds. The molecule has 3 N–H and O–H groups in total. The van der Waals surface area contributed by atoms with Crippen LogP contribution < -0.4 is 31.3 Å². The molecule has 268 valence electrons. The predicted octanol–water partition coefficient (Wildman–Crippen LogP) is 2.83. The number of anilines is 3. The molecule has 0 bridgehead atoms. The number of aromatic nitrogens is 2. The molecule has 0 radical (unpaired) electrons. The first-order valence-corrected chi connectivity index (χ1v) is 18.1. The van der Waals surface area contributed by atoms with Crippen molar-refractivity contribution in [2.45, 2.75) is 63.6 Å². The molecule has 1 atom stereocenters. The van der Waals surface area contributed by atoms with Gasteiger partial charge in [0.25, 0.3) is 10.1 Å². The predicted molar refractivity (Wildman–Crippen MR) is 179 cm³/mol. The Morgan fingerprint density at radius 2 is 1.70 bits per heavy atom. The maximum atomic E-state index is 14.0. The van der Waals surface area contributed by atoms with Crippen LogP contribution in [0.15, 0.2) is 39.9 Å². The maximum absolute atomic E-state index is 14.0. The fourth-order valence-electron chi connectivity index (χ4n) is 6.51. The average Bonchev–Trinajstić information content (AvgIpc) is 3.59. The zero-order chi connectivity index (χ0) is 36.1. The first-order chi connectivity index (χ1) is 23.7. The van der Waals surface area contributed by atoms with Gasteiger partial charge < -0.3 is 20.4 Å². The maximum Gasteiger partial charge on any atom is 0.451 e. The van der Waals surface area contributed by atoms with Crippen molar-refractivity contribution >= 4 is 33.3 Å². The number of hydrogen-bond donors (Lipinski definition) is 3. The van der Waals surface area contributed by atoms with Gasteiger partial charge in [-0.2, -0.15) is 26.9 Å². The van der Waals surface area contributed by atoms with E-state index in [1.165, 1.54) is 6.07 Å². The SMILES string of the molecule is N#Cc1ccc(CCNC(=O)[C@@H]2CCCN2c2cc(N3CCC(CCNc4c(CCCS(=O)(=O)O)c(=O)c4=O)CC3)nc(C(F)(F)F)n2)cc1. The minimum atomic E-state index is -4.80. The first kappa shape index (κ1) is 36.7. The summed E-state index contributed by atoms with van der Waals surface area (Å²) >= 11 is 0. The van der Waals surface area contributed by atoms with Crippen molar-refractivity contribution in [3.63, 3.8) is 0 Å². The van der Waals surface area contributed by atoms with Gasteiger partial charge in [-0.25, -0.2) is 9.97 Å². The van der Waals surface area contributed by atoms with Gasteiger partial charge in [0.15, 0.2) is 0 Å². The highest BCUT2D eigenvalue weighted by Gasteiger charge is 2.39. The second kappa shape index (κ2) is 15.5. The number of carbonyl (C=O) groups excluding carboxylic acids is 1. The van der Waals surface area contributed by atoms with Crippen molar-refractivity contribution in [1.29, 1.82) is 5.26 Å². The van der Waals surface area contributed by atoms with E-state index in [1.54, 1.807) is 21.9 Å². The van der Waals surface area contributed by atoms with E-state index in [4.69, 9.17) is 9.81 Å². The summed E-state index contributed by atoms with van der Waals surface area (Å²) in [6, 6.07) is 9.88. The number of hydrogen-bond acceptors (Lipinski definition) is 11. The molecule has 0 saturated carbocycles. The van der Waals surface area contributed by atoms with Crippen molar-refractivity contribution in [2.24, 2.45) is 5.92 Å². The molecule has 2 fully saturated rings. The second-order valence-corrected chi connectivity index (χ2v) is 14.2. The minimum absolute atomic E-state index is 0.00423. The van der Waals surface area contributed by atoms with Gasteiger partial charge in [0.1, 0.15) is 17.7 Å². The lowest BCUT2D eigenvalue weighted by Gasteiger charge is -2.34. The lowest BCUT2D eigenvalue weighted by molar-refractivity contribution is -0.144. The summed E-state index contributed by atoms with van der Waals surface area (Å²) in [4.78, 5) is 48.2. The van der Waals surface area contributed by atoms with Crippen LogP contribution in [0.2, 0.25) is 0 Å². The van der Waals surface area contributed by atoms with E-state index in [1.807, 2.05) is 12.1 Å². The summed E-state index contributed by atoms with van der Waals surface area (Å²) < 4.78 is 72.7. The Morgan fingerprint density at radius 3 is 2.36 bits per heavy atom. The number of amides is 1. The Bertz CT molecular complexity index is 1900. The Labute approximate surface area is 287 Å². The highest BCUT2D eigenvalue weighted by molar-refractivity contribution is 7.85. The lowest BCUT2D eigenvalue weighted by Crippen LogP contribution is -2.44. The number of halogens is 3. The van der Waals surface area contributed by atoms with Crippen molar-refractivity contribution in [2.75, 3.05) is 53.6 Å². The summed E-state index contributed by atoms with van der Waals surface area (Å²) in [5, 5.41) is 14.8. The van der Waals surface area contributed by atoms with E-state index in [0.29, 0.717) is 76.8 Å². The highest BCUT2D eigenvalue weighted by Crippen LogP contribution is 2.34. The van der Waals surface area contributed by atoms with E-state index in [-0.39, 0.29) is 47.6 Å². The van der Waals surface area contributed by atoms with E-state index in [9.17, 15) is 36.0 Å². The molecule has 0 unspecified atom stereocenters. The highest BCUT2D eigenvalue weighted by atomic mass is 32.2. The number of carbonyl (C=O) groups is 1. The molecule has 5 rings (SSSR count). The third-order valence-corrected chi connectivity index (χ3v) is 10.0. The smallest absolute Gasteiger partial charge is 0.381 e. The fraction of sp³-hybridized carbons (Fsp3) is 0.515. The monoisotopic (exact) mass is 717 g/mol. The molecule has 3 heterocycles. The van der Waals surface area contributed by atoms with Gasteiger partial charge >= 0.3 is 6.18 Å². The Hall–Kier alpha value is -4.56. The molecular weight excluding hydrogens is 679 g/mol. The van der Waals surface area contributed by atoms with Crippen LogP contribution in [-0.4, -0.2) is 73.4 Å². The van der Waals surface area contributed by atoms with E-state index < -0.39 is 44.8 Å². The van der Waals surface area contributed by atoms with Crippen LogP contribution in [0.4, 0.5) is 30.5 Å². The Balaban J connectivity index is 1.17. The van der Waals surface area contributed by atoms with Crippen LogP contribution in [0.25, 0.3) is 0 Å². The summed E-state index contributed by atoms with van der Waals surface area (Å²) in [7, 11) is -4.18. The van der Waals surface area contributed by atoms with Gasteiger partial charge in [0.2, 0.25) is 22.6 Å². The van der Waals surface area contributed by atoms with Gasteiger partial charge in [0.05, 0.1) is 23.1 Å². The second-order valence-electron chi connectivity index (χ2n) is 12.7. The van der Waals surface area contributed by atoms with E-state index in [2.05, 4.69) is 26.7 Å². The minimum Gasteiger partial charge on any atom is -0.381 e. The molecule has 2 aliphatic heterocycles. The zero-order valence-electron chi connectivity index (χ0n) is 27.2. The van der Waals surface area contributed by atoms with Crippen molar-refractivity contribution in [3.8, 4) is 6.07 Å². The largest absolute Gasteiger partial charge is 0.451 e. The van der Waals surface area contributed by atoms with E-state index >= 15 is 0 Å². The van der Waals surface area contributed by atoms with Crippen LogP contribution in [0.5, 0.6) is 0 Å². The third kappa shape index (κ3) is 9.16. The molecule has 13 nitrogen and oxygen atoms in total. The molecule has 0 aliphatic carbocycles. The average molecular weight is 718 g/mol. The standard InChI is InChI=1S/C33H38F3N7O6S/c34-33(35,36)32-40-26(19-27(41-32)43-15-1-4-25(43)31(46)39-14-10-21-5-7-23(20-37)8-6-21)42-16-11-22(12-17-42)9-13-38-28-24(29(44)30(28)45)3-2-18-50(47,48)49/h5-8,19,22,25,38H,1-4,9-18H2,(H,39,46)(H,47,48,49)/t25-/m0/s1. The normalized spacial score (nSPS) is 17.2. The zero-order valence-corrected chi connectivity index (χ0v) is 28.0. The number of nitrogens with one attached hydrogen (secondary N) is 2. The number of piperidine rings is 1. The number of rotatable bonds is 14. The topological polar surface area (TPSA) is 186 Å². The number of nitrogens with zero attached hydrogens (tertiary/aromatic N) is 5. The molecule has 1 aromatic heterocycles. The summed E-state index contributed by atoms with van der Waals surface area (Å²) in [5.74, 6) is -1.73. The lowest BCUT2D eigenvalue weighted by atomic mass is 9.93. The van der Waals surface area contributed by atoms with Crippen molar-refractivity contribution in [3.05, 3.63) is 73.3 Å². The molecule has 3 aromatic rings. The molecular formula is C33H38F3N7O6S. The summed E-state index contributed by atoms with van der Waals surface area (Å²) in [6.45, 7) is 1.93. The fourth-order valence-corrected chi connectivity index (χ4v) is 7.02. The van der Waals surface area contributed by atoms with Crippen LogP contribution in [0, 0.1) is 17.2 Å². The number of benzene rings is 1. The van der Waals surface area contributed by atoms with Gasteiger partial charge in [-0.05, 0) is 75.0 Å². The summed E-state index contributed by atoms with van der Waals surface area (Å²) in [6.07, 6.45) is -1.22. The van der Waals surface area contributed by atoms with Gasteiger partial charge in [-0.15, -0.1) is 0 Å². The van der Waals surface area contributed by atoms with Crippen molar-refractivity contribution < 1.29 is 30.9 Å². The molecule has 2 aliphatic rings. The Kier molecular flexibility index (Phi) is 11.4. The molecule has 0 spiro atoms. The Morgan fingerprint density at radius 1 is 1.00 bits per heavy atom. The first-order valence-electron chi connectivity index (χ1n) is 16.5. The van der Waals surface area contributed by atoms with Crippen LogP contribution >= 0.6 is 0 Å². The molecule has 2 saturated heterocycles. The van der Waals surface area contributed by atoms with Gasteiger partial charge in [0, 0.05) is 44.4 Å². The van der Waals surface area contributed by atoms with Gasteiger partial charge in [-0.1, -0.05) is 12.1 Å². The quantitative estimate of drug-likeness (QED) is 0.164. The van der Waals surface area contributed by atoms with Crippen molar-refractivity contribution in [1.82, 2.24) is 15.3 Å². The third-order valence-electron chi connectivity index (χ3n) is 9.23. The number of nitriles is 1. The van der Waals surface area contributed by atoms with Crippen LogP contribution in [-0.2, 0) is 33.9 Å². The molecule has 2 aromatic carbocycles.